The number of amides is 1. The molecule has 2 saturated carbocycles. The van der Waals surface area contributed by atoms with Crippen molar-refractivity contribution < 1.29 is 13.2 Å². The zero-order valence-electron chi connectivity index (χ0n) is 15.1. The zero-order valence-corrected chi connectivity index (χ0v) is 16.7. The molecule has 144 valence electrons. The molecule has 7 heteroatoms. The van der Waals surface area contributed by atoms with E-state index in [-0.39, 0.29) is 17.9 Å². The van der Waals surface area contributed by atoms with Crippen molar-refractivity contribution in [2.45, 2.75) is 61.6 Å². The summed E-state index contributed by atoms with van der Waals surface area (Å²) in [6.45, 7) is 0.821. The van der Waals surface area contributed by atoms with Crippen LogP contribution in [0.5, 0.6) is 0 Å². The molecular weight excluding hydrogens is 368 g/mol. The average Bonchev–Trinajstić information content (AvgIpc) is 3.33. The van der Waals surface area contributed by atoms with E-state index in [9.17, 15) is 13.2 Å². The Morgan fingerprint density at radius 1 is 1.12 bits per heavy atom. The average molecular weight is 397 g/mol. The second kappa shape index (κ2) is 7.60. The van der Waals surface area contributed by atoms with Gasteiger partial charge in [-0.05, 0) is 55.4 Å². The van der Waals surface area contributed by atoms with Crippen LogP contribution in [0.25, 0.3) is 0 Å². The highest BCUT2D eigenvalue weighted by Crippen LogP contribution is 2.42. The standard InChI is InChI=1S/C19H28N2O3S2/c22-19(20-17-9-8-14-4-1-5-15(14)12-17)16-6-2-10-21(13-16)26(23,24)18-7-3-11-25-18/h3,7,11,14-17H,1-2,4-6,8-10,12-13H2,(H,20,22). The molecule has 4 unspecified atom stereocenters. The van der Waals surface area contributed by atoms with Crippen LogP contribution in [0.1, 0.15) is 51.4 Å². The first-order valence-electron chi connectivity index (χ1n) is 9.88. The Morgan fingerprint density at radius 2 is 1.96 bits per heavy atom. The van der Waals surface area contributed by atoms with Gasteiger partial charge in [-0.2, -0.15) is 4.31 Å². The second-order valence-electron chi connectivity index (χ2n) is 8.10. The van der Waals surface area contributed by atoms with E-state index in [1.165, 1.54) is 41.3 Å². The van der Waals surface area contributed by atoms with E-state index in [1.807, 2.05) is 0 Å². The largest absolute Gasteiger partial charge is 0.353 e. The summed E-state index contributed by atoms with van der Waals surface area (Å²) in [4.78, 5) is 12.8. The Bertz CT molecular complexity index is 732. The van der Waals surface area contributed by atoms with E-state index in [2.05, 4.69) is 5.32 Å². The van der Waals surface area contributed by atoms with Crippen LogP contribution in [0, 0.1) is 17.8 Å². The van der Waals surface area contributed by atoms with Crippen LogP contribution in [0.2, 0.25) is 0 Å². The normalized spacial score (nSPS) is 32.9. The molecule has 0 aromatic carbocycles. The minimum absolute atomic E-state index is 0.0533. The van der Waals surface area contributed by atoms with Gasteiger partial charge in [0, 0.05) is 19.1 Å². The van der Waals surface area contributed by atoms with Gasteiger partial charge in [0.1, 0.15) is 4.21 Å². The van der Waals surface area contributed by atoms with E-state index in [0.29, 0.717) is 17.3 Å². The summed E-state index contributed by atoms with van der Waals surface area (Å²) < 4.78 is 27.3. The van der Waals surface area contributed by atoms with Crippen LogP contribution >= 0.6 is 11.3 Å². The molecule has 1 aliphatic heterocycles. The Kier molecular flexibility index (Phi) is 5.39. The predicted molar refractivity (Wildman–Crippen MR) is 102 cm³/mol. The predicted octanol–water partition coefficient (Wildman–Crippen LogP) is 3.23. The lowest BCUT2D eigenvalue weighted by molar-refractivity contribution is -0.127. The van der Waals surface area contributed by atoms with Crippen LogP contribution in [-0.2, 0) is 14.8 Å². The van der Waals surface area contributed by atoms with Gasteiger partial charge >= 0.3 is 0 Å². The molecule has 1 amide bonds. The maximum Gasteiger partial charge on any atom is 0.252 e. The summed E-state index contributed by atoms with van der Waals surface area (Å²) in [7, 11) is -3.46. The number of hydrogen-bond acceptors (Lipinski definition) is 4. The minimum Gasteiger partial charge on any atom is -0.353 e. The molecule has 0 radical (unpaired) electrons. The monoisotopic (exact) mass is 396 g/mol. The SMILES string of the molecule is O=C(NC1CCC2CCCC2C1)C1CCCN(S(=O)(=O)c2cccs2)C1. The Hall–Kier alpha value is -0.920. The molecule has 3 aliphatic rings. The maximum atomic E-state index is 12.8. The fourth-order valence-corrected chi connectivity index (χ4v) is 7.73. The smallest absolute Gasteiger partial charge is 0.252 e. The molecule has 0 bridgehead atoms. The Morgan fingerprint density at radius 3 is 2.77 bits per heavy atom. The zero-order chi connectivity index (χ0) is 18.1. The third-order valence-corrected chi connectivity index (χ3v) is 9.72. The van der Waals surface area contributed by atoms with Gasteiger partial charge in [0.15, 0.2) is 0 Å². The lowest BCUT2D eigenvalue weighted by Gasteiger charge is -2.35. The molecule has 3 fully saturated rings. The van der Waals surface area contributed by atoms with Gasteiger partial charge in [-0.3, -0.25) is 4.79 Å². The molecule has 2 aliphatic carbocycles. The van der Waals surface area contributed by atoms with Crippen LogP contribution in [0.4, 0.5) is 0 Å². The summed E-state index contributed by atoms with van der Waals surface area (Å²) in [5.41, 5.74) is 0. The van der Waals surface area contributed by atoms with E-state index in [0.717, 1.165) is 37.5 Å². The molecule has 1 aromatic heterocycles. The van der Waals surface area contributed by atoms with Crippen molar-refractivity contribution in [1.29, 1.82) is 0 Å². The van der Waals surface area contributed by atoms with Gasteiger partial charge in [-0.1, -0.05) is 25.3 Å². The highest BCUT2D eigenvalue weighted by molar-refractivity contribution is 7.91. The molecule has 4 atom stereocenters. The number of nitrogens with zero attached hydrogens (tertiary/aromatic N) is 1. The topological polar surface area (TPSA) is 66.5 Å². The Balaban J connectivity index is 1.36. The van der Waals surface area contributed by atoms with Crippen molar-refractivity contribution in [2.75, 3.05) is 13.1 Å². The first kappa shape index (κ1) is 18.4. The van der Waals surface area contributed by atoms with E-state index in [4.69, 9.17) is 0 Å². The summed E-state index contributed by atoms with van der Waals surface area (Å²) in [6, 6.07) is 3.68. The van der Waals surface area contributed by atoms with E-state index < -0.39 is 10.0 Å². The van der Waals surface area contributed by atoms with Gasteiger partial charge in [0.25, 0.3) is 10.0 Å². The molecule has 4 rings (SSSR count). The summed E-state index contributed by atoms with van der Waals surface area (Å²) in [5, 5.41) is 5.03. The number of hydrogen-bond donors (Lipinski definition) is 1. The van der Waals surface area contributed by atoms with Gasteiger partial charge < -0.3 is 5.32 Å². The van der Waals surface area contributed by atoms with Gasteiger partial charge in [0.05, 0.1) is 5.92 Å². The quantitative estimate of drug-likeness (QED) is 0.850. The number of fused-ring (bicyclic) bond motifs is 1. The highest BCUT2D eigenvalue weighted by Gasteiger charge is 2.37. The summed E-state index contributed by atoms with van der Waals surface area (Å²) in [6.07, 6.45) is 8.97. The third kappa shape index (κ3) is 3.71. The number of rotatable bonds is 4. The molecule has 0 spiro atoms. The molecule has 1 N–H and O–H groups in total. The van der Waals surface area contributed by atoms with Crippen molar-refractivity contribution in [2.24, 2.45) is 17.8 Å². The van der Waals surface area contributed by atoms with Gasteiger partial charge in [-0.15, -0.1) is 11.3 Å². The molecule has 2 heterocycles. The number of carbonyl (C=O) groups is 1. The minimum atomic E-state index is -3.46. The lowest BCUT2D eigenvalue weighted by atomic mass is 9.79. The molecular formula is C19H28N2O3S2. The second-order valence-corrected chi connectivity index (χ2v) is 11.2. The fraction of sp³-hybridized carbons (Fsp3) is 0.737. The van der Waals surface area contributed by atoms with Gasteiger partial charge in [-0.25, -0.2) is 8.42 Å². The number of piperidine rings is 1. The molecule has 26 heavy (non-hydrogen) atoms. The van der Waals surface area contributed by atoms with Gasteiger partial charge in [0.2, 0.25) is 5.91 Å². The fourth-order valence-electron chi connectivity index (χ4n) is 5.06. The van der Waals surface area contributed by atoms with Crippen LogP contribution in [0.3, 0.4) is 0 Å². The lowest BCUT2D eigenvalue weighted by Crippen LogP contribution is -2.48. The van der Waals surface area contributed by atoms with E-state index >= 15 is 0 Å². The van der Waals surface area contributed by atoms with Crippen molar-refractivity contribution in [3.8, 4) is 0 Å². The van der Waals surface area contributed by atoms with Crippen molar-refractivity contribution in [1.82, 2.24) is 9.62 Å². The first-order valence-corrected chi connectivity index (χ1v) is 12.2. The molecule has 1 saturated heterocycles. The summed E-state index contributed by atoms with van der Waals surface area (Å²) >= 11 is 1.24. The third-order valence-electron chi connectivity index (χ3n) is 6.48. The molecule has 5 nitrogen and oxygen atoms in total. The van der Waals surface area contributed by atoms with E-state index in [1.54, 1.807) is 17.5 Å². The van der Waals surface area contributed by atoms with Crippen molar-refractivity contribution in [3.05, 3.63) is 17.5 Å². The number of carbonyl (C=O) groups excluding carboxylic acids is 1. The van der Waals surface area contributed by atoms with Crippen molar-refractivity contribution in [3.63, 3.8) is 0 Å². The van der Waals surface area contributed by atoms with Crippen LogP contribution < -0.4 is 5.32 Å². The summed E-state index contributed by atoms with van der Waals surface area (Å²) in [5.74, 6) is 1.50. The number of nitrogens with one attached hydrogen (secondary N) is 1. The number of sulfonamides is 1. The number of thiophene rings is 1. The maximum absolute atomic E-state index is 12.8. The van der Waals surface area contributed by atoms with Crippen LogP contribution in [0.15, 0.2) is 21.7 Å². The molecule has 1 aromatic rings. The Labute approximate surface area is 160 Å². The highest BCUT2D eigenvalue weighted by atomic mass is 32.2. The van der Waals surface area contributed by atoms with Crippen LogP contribution in [-0.4, -0.2) is 37.8 Å². The first-order chi connectivity index (χ1) is 12.5. The van der Waals surface area contributed by atoms with Crippen molar-refractivity contribution >= 4 is 27.3 Å².